The number of halogens is 1. The molecule has 0 spiro atoms. The Hall–Kier alpha value is -1.98. The molecule has 0 saturated carbocycles. The van der Waals surface area contributed by atoms with E-state index in [1.165, 1.54) is 0 Å². The number of carbonyl (C=O) groups is 1. The Balaban J connectivity index is 1.98. The molecule has 0 unspecified atom stereocenters. The standard InChI is InChI=1S/C18H19ClN2O2S/c1-3-24-17-8-7-15(19)10-14(17)11-18(22)21-20-12-13-5-4-6-16(9-13)23-2/h4-10,12H,3,11H2,1-2H3,(H,21,22)/b20-12-. The average molecular weight is 363 g/mol. The van der Waals surface area contributed by atoms with E-state index in [2.05, 4.69) is 17.5 Å². The van der Waals surface area contributed by atoms with Crippen LogP contribution in [-0.4, -0.2) is 25.0 Å². The number of nitrogens with one attached hydrogen (secondary N) is 1. The van der Waals surface area contributed by atoms with Crippen molar-refractivity contribution in [2.45, 2.75) is 18.2 Å². The molecular formula is C18H19ClN2O2S. The van der Waals surface area contributed by atoms with E-state index in [0.717, 1.165) is 27.5 Å². The molecule has 0 aromatic heterocycles. The summed E-state index contributed by atoms with van der Waals surface area (Å²) in [5, 5.41) is 4.61. The zero-order valence-electron chi connectivity index (χ0n) is 13.6. The second-order valence-corrected chi connectivity index (χ2v) is 6.67. The van der Waals surface area contributed by atoms with Gasteiger partial charge in [0.1, 0.15) is 5.75 Å². The highest BCUT2D eigenvalue weighted by Crippen LogP contribution is 2.26. The predicted octanol–water partition coefficient (Wildman–Crippen LogP) is 4.15. The van der Waals surface area contributed by atoms with Gasteiger partial charge in [-0.2, -0.15) is 5.10 Å². The van der Waals surface area contributed by atoms with Crippen molar-refractivity contribution in [3.05, 3.63) is 58.6 Å². The summed E-state index contributed by atoms with van der Waals surface area (Å²) in [5.41, 5.74) is 4.30. The smallest absolute Gasteiger partial charge is 0.244 e. The van der Waals surface area contributed by atoms with Gasteiger partial charge in [0, 0.05) is 9.92 Å². The summed E-state index contributed by atoms with van der Waals surface area (Å²) in [4.78, 5) is 13.2. The number of rotatable bonds is 7. The summed E-state index contributed by atoms with van der Waals surface area (Å²) in [6, 6.07) is 13.0. The summed E-state index contributed by atoms with van der Waals surface area (Å²) < 4.78 is 5.14. The average Bonchev–Trinajstić information content (AvgIpc) is 2.57. The highest BCUT2D eigenvalue weighted by atomic mass is 35.5. The molecule has 0 aliphatic heterocycles. The molecule has 0 heterocycles. The number of hydrogen-bond acceptors (Lipinski definition) is 4. The predicted molar refractivity (Wildman–Crippen MR) is 100 cm³/mol. The molecule has 0 aliphatic carbocycles. The molecule has 1 amide bonds. The lowest BCUT2D eigenvalue weighted by Gasteiger charge is -2.08. The molecule has 2 aromatic carbocycles. The summed E-state index contributed by atoms with van der Waals surface area (Å²) >= 11 is 7.72. The molecule has 0 radical (unpaired) electrons. The van der Waals surface area contributed by atoms with Gasteiger partial charge in [-0.3, -0.25) is 4.79 Å². The molecule has 1 N–H and O–H groups in total. The summed E-state index contributed by atoms with van der Waals surface area (Å²) in [6.07, 6.45) is 1.82. The lowest BCUT2D eigenvalue weighted by Crippen LogP contribution is -2.20. The minimum atomic E-state index is -0.186. The van der Waals surface area contributed by atoms with E-state index in [1.807, 2.05) is 42.5 Å². The first-order valence-electron chi connectivity index (χ1n) is 7.49. The van der Waals surface area contributed by atoms with E-state index < -0.39 is 0 Å². The highest BCUT2D eigenvalue weighted by molar-refractivity contribution is 7.99. The minimum Gasteiger partial charge on any atom is -0.497 e. The number of hydrogen-bond donors (Lipinski definition) is 1. The number of ether oxygens (including phenoxy) is 1. The third-order valence-electron chi connectivity index (χ3n) is 3.17. The van der Waals surface area contributed by atoms with Crippen LogP contribution in [0.5, 0.6) is 5.75 Å². The van der Waals surface area contributed by atoms with Crippen molar-refractivity contribution in [3.63, 3.8) is 0 Å². The molecule has 126 valence electrons. The van der Waals surface area contributed by atoms with Gasteiger partial charge in [-0.25, -0.2) is 5.43 Å². The monoisotopic (exact) mass is 362 g/mol. The van der Waals surface area contributed by atoms with Crippen LogP contribution >= 0.6 is 23.4 Å². The molecule has 0 bridgehead atoms. The van der Waals surface area contributed by atoms with Crippen LogP contribution in [0, 0.1) is 0 Å². The lowest BCUT2D eigenvalue weighted by molar-refractivity contribution is -0.120. The fourth-order valence-electron chi connectivity index (χ4n) is 2.10. The van der Waals surface area contributed by atoms with Gasteiger partial charge < -0.3 is 4.74 Å². The van der Waals surface area contributed by atoms with Gasteiger partial charge in [0.25, 0.3) is 0 Å². The Morgan fingerprint density at radius 1 is 1.33 bits per heavy atom. The molecule has 4 nitrogen and oxygen atoms in total. The SMILES string of the molecule is CCSc1ccc(Cl)cc1CC(=O)N/N=C\c1cccc(OC)c1. The highest BCUT2D eigenvalue weighted by Gasteiger charge is 2.08. The summed E-state index contributed by atoms with van der Waals surface area (Å²) in [5.74, 6) is 1.49. The second-order valence-electron chi connectivity index (χ2n) is 4.93. The second kappa shape index (κ2) is 9.35. The van der Waals surface area contributed by atoms with E-state index in [1.54, 1.807) is 25.1 Å². The van der Waals surface area contributed by atoms with Crippen molar-refractivity contribution in [3.8, 4) is 5.75 Å². The molecular weight excluding hydrogens is 344 g/mol. The maximum absolute atomic E-state index is 12.1. The maximum atomic E-state index is 12.1. The molecule has 0 fully saturated rings. The third kappa shape index (κ3) is 5.58. The summed E-state index contributed by atoms with van der Waals surface area (Å²) in [7, 11) is 1.61. The van der Waals surface area contributed by atoms with Gasteiger partial charge in [-0.1, -0.05) is 30.7 Å². The Kier molecular flexibility index (Phi) is 7.15. The van der Waals surface area contributed by atoms with Gasteiger partial charge >= 0.3 is 0 Å². The van der Waals surface area contributed by atoms with Gasteiger partial charge in [-0.05, 0) is 47.2 Å². The molecule has 2 aromatic rings. The van der Waals surface area contributed by atoms with Crippen molar-refractivity contribution in [2.24, 2.45) is 5.10 Å². The van der Waals surface area contributed by atoms with E-state index in [4.69, 9.17) is 16.3 Å². The van der Waals surface area contributed by atoms with E-state index in [9.17, 15) is 4.79 Å². The third-order valence-corrected chi connectivity index (χ3v) is 4.40. The van der Waals surface area contributed by atoms with E-state index >= 15 is 0 Å². The number of hydrazone groups is 1. The van der Waals surface area contributed by atoms with Crippen LogP contribution in [-0.2, 0) is 11.2 Å². The first-order valence-corrected chi connectivity index (χ1v) is 8.86. The molecule has 24 heavy (non-hydrogen) atoms. The van der Waals surface area contributed by atoms with Crippen molar-refractivity contribution >= 4 is 35.5 Å². The first-order chi connectivity index (χ1) is 11.6. The Morgan fingerprint density at radius 2 is 2.17 bits per heavy atom. The van der Waals surface area contributed by atoms with Crippen LogP contribution < -0.4 is 10.2 Å². The number of carbonyl (C=O) groups excluding carboxylic acids is 1. The van der Waals surface area contributed by atoms with Gasteiger partial charge in [-0.15, -0.1) is 11.8 Å². The zero-order valence-corrected chi connectivity index (χ0v) is 15.2. The number of methoxy groups -OCH3 is 1. The Morgan fingerprint density at radius 3 is 2.92 bits per heavy atom. The number of benzene rings is 2. The topological polar surface area (TPSA) is 50.7 Å². The van der Waals surface area contributed by atoms with Crippen molar-refractivity contribution in [1.29, 1.82) is 0 Å². The van der Waals surface area contributed by atoms with Crippen LogP contribution in [0.2, 0.25) is 5.02 Å². The minimum absolute atomic E-state index is 0.186. The van der Waals surface area contributed by atoms with Crippen LogP contribution in [0.25, 0.3) is 0 Å². The first kappa shape index (κ1) is 18.4. The molecule has 6 heteroatoms. The van der Waals surface area contributed by atoms with Crippen LogP contribution in [0.4, 0.5) is 0 Å². The largest absolute Gasteiger partial charge is 0.497 e. The van der Waals surface area contributed by atoms with Crippen LogP contribution in [0.1, 0.15) is 18.1 Å². The lowest BCUT2D eigenvalue weighted by atomic mass is 10.1. The van der Waals surface area contributed by atoms with Crippen LogP contribution in [0.3, 0.4) is 0 Å². The van der Waals surface area contributed by atoms with E-state index in [0.29, 0.717) is 5.02 Å². The zero-order chi connectivity index (χ0) is 17.4. The van der Waals surface area contributed by atoms with Crippen molar-refractivity contribution in [2.75, 3.05) is 12.9 Å². The fourth-order valence-corrected chi connectivity index (χ4v) is 3.08. The van der Waals surface area contributed by atoms with Gasteiger partial charge in [0.05, 0.1) is 19.7 Å². The normalized spacial score (nSPS) is 10.8. The van der Waals surface area contributed by atoms with Gasteiger partial charge in [0.15, 0.2) is 0 Å². The molecule has 0 atom stereocenters. The molecule has 2 rings (SSSR count). The number of nitrogens with zero attached hydrogens (tertiary/aromatic N) is 1. The van der Waals surface area contributed by atoms with E-state index in [-0.39, 0.29) is 12.3 Å². The van der Waals surface area contributed by atoms with Crippen molar-refractivity contribution < 1.29 is 9.53 Å². The number of thioether (sulfide) groups is 1. The molecule has 0 saturated heterocycles. The van der Waals surface area contributed by atoms with Crippen LogP contribution in [0.15, 0.2) is 52.5 Å². The van der Waals surface area contributed by atoms with Gasteiger partial charge in [0.2, 0.25) is 5.91 Å². The summed E-state index contributed by atoms with van der Waals surface area (Å²) in [6.45, 7) is 2.07. The Labute approximate surface area is 151 Å². The molecule has 0 aliphatic rings. The quantitative estimate of drug-likeness (QED) is 0.457. The fraction of sp³-hybridized carbons (Fsp3) is 0.222. The van der Waals surface area contributed by atoms with Crippen molar-refractivity contribution in [1.82, 2.24) is 5.43 Å². The number of amides is 1. The maximum Gasteiger partial charge on any atom is 0.244 e. The Bertz CT molecular complexity index is 735.